The zero-order valence-electron chi connectivity index (χ0n) is 23.6. The van der Waals surface area contributed by atoms with Crippen LogP contribution in [0, 0.1) is 0 Å². The zero-order valence-corrected chi connectivity index (χ0v) is 26.8. The normalized spacial score (nSPS) is 10.9. The molecule has 45 heavy (non-hydrogen) atoms. The van der Waals surface area contributed by atoms with Gasteiger partial charge in [0.2, 0.25) is 11.8 Å². The van der Waals surface area contributed by atoms with Crippen LogP contribution >= 0.6 is 31.9 Å². The van der Waals surface area contributed by atoms with E-state index in [9.17, 15) is 19.2 Å². The molecule has 2 amide bonds. The van der Waals surface area contributed by atoms with Gasteiger partial charge >= 0.3 is 11.9 Å². The summed E-state index contributed by atoms with van der Waals surface area (Å²) in [5, 5.41) is 7.92. The quantitative estimate of drug-likeness (QED) is 0.0747. The van der Waals surface area contributed by atoms with Gasteiger partial charge < -0.3 is 9.47 Å². The number of hydrogen-bond donors (Lipinski definition) is 2. The van der Waals surface area contributed by atoms with E-state index in [1.54, 1.807) is 97.1 Å². The minimum absolute atomic E-state index is 0.0357. The second-order valence-electron chi connectivity index (χ2n) is 9.32. The average molecular weight is 734 g/mol. The lowest BCUT2D eigenvalue weighted by molar-refractivity contribution is -0.122. The van der Waals surface area contributed by atoms with Crippen LogP contribution in [0.15, 0.2) is 116 Å². The summed E-state index contributed by atoms with van der Waals surface area (Å²) < 4.78 is 12.5. The summed E-state index contributed by atoms with van der Waals surface area (Å²) in [6, 6.07) is 27.2. The molecule has 4 aromatic carbocycles. The summed E-state index contributed by atoms with van der Waals surface area (Å²) in [4.78, 5) is 49.4. The van der Waals surface area contributed by atoms with Gasteiger partial charge in [0, 0.05) is 32.9 Å². The van der Waals surface area contributed by atoms with E-state index in [0.717, 1.165) is 8.95 Å². The van der Waals surface area contributed by atoms with E-state index in [2.05, 4.69) is 52.9 Å². The molecule has 0 bridgehead atoms. The van der Waals surface area contributed by atoms with E-state index >= 15 is 0 Å². The van der Waals surface area contributed by atoms with Gasteiger partial charge in [0.25, 0.3) is 0 Å². The Kier molecular flexibility index (Phi) is 12.3. The molecule has 0 atom stereocenters. The van der Waals surface area contributed by atoms with E-state index < -0.39 is 23.8 Å². The lowest BCUT2D eigenvalue weighted by atomic mass is 10.2. The SMILES string of the molecule is O=C(CCCC(=O)N/N=C/c1cc(Br)ccc1OC(=O)c1ccccc1)N/N=C/c1cc(Br)ccc1OC(=O)c1ccccc1. The Morgan fingerprint density at radius 1 is 0.600 bits per heavy atom. The fraction of sp³-hybridized carbons (Fsp3) is 0.0909. The van der Waals surface area contributed by atoms with E-state index in [1.165, 1.54) is 12.4 Å². The van der Waals surface area contributed by atoms with Gasteiger partial charge in [-0.05, 0) is 67.1 Å². The fourth-order valence-corrected chi connectivity index (χ4v) is 4.52. The Morgan fingerprint density at radius 2 is 1.00 bits per heavy atom. The van der Waals surface area contributed by atoms with Crippen LogP contribution in [0.2, 0.25) is 0 Å². The summed E-state index contributed by atoms with van der Waals surface area (Å²) in [6.07, 6.45) is 3.05. The second-order valence-corrected chi connectivity index (χ2v) is 11.1. The van der Waals surface area contributed by atoms with Gasteiger partial charge in [-0.3, -0.25) is 9.59 Å². The van der Waals surface area contributed by atoms with E-state index in [4.69, 9.17) is 9.47 Å². The number of halogens is 2. The maximum Gasteiger partial charge on any atom is 0.343 e. The van der Waals surface area contributed by atoms with E-state index in [-0.39, 0.29) is 30.8 Å². The van der Waals surface area contributed by atoms with Crippen molar-refractivity contribution in [3.05, 3.63) is 128 Å². The monoisotopic (exact) mass is 732 g/mol. The maximum absolute atomic E-state index is 12.5. The van der Waals surface area contributed by atoms with Crippen molar-refractivity contribution in [2.75, 3.05) is 0 Å². The van der Waals surface area contributed by atoms with Crippen LogP contribution in [0.1, 0.15) is 51.1 Å². The third-order valence-corrected chi connectivity index (χ3v) is 6.95. The van der Waals surface area contributed by atoms with Crippen LogP contribution in [0.25, 0.3) is 0 Å². The van der Waals surface area contributed by atoms with Crippen LogP contribution in [0.5, 0.6) is 11.5 Å². The smallest absolute Gasteiger partial charge is 0.343 e. The van der Waals surface area contributed by atoms with Gasteiger partial charge in [-0.1, -0.05) is 68.3 Å². The predicted molar refractivity (Wildman–Crippen MR) is 176 cm³/mol. The highest BCUT2D eigenvalue weighted by molar-refractivity contribution is 9.10. The molecular formula is C33H26Br2N4O6. The molecule has 0 aliphatic heterocycles. The molecule has 0 unspecified atom stereocenters. The topological polar surface area (TPSA) is 136 Å². The van der Waals surface area contributed by atoms with Gasteiger partial charge in [-0.2, -0.15) is 10.2 Å². The van der Waals surface area contributed by atoms with Gasteiger partial charge in [0.05, 0.1) is 23.6 Å². The van der Waals surface area contributed by atoms with Crippen molar-refractivity contribution in [2.45, 2.75) is 19.3 Å². The first-order chi connectivity index (χ1) is 21.8. The van der Waals surface area contributed by atoms with Crippen LogP contribution < -0.4 is 20.3 Å². The minimum atomic E-state index is -0.525. The summed E-state index contributed by atoms with van der Waals surface area (Å²) in [6.45, 7) is 0. The molecule has 0 aliphatic carbocycles. The molecule has 228 valence electrons. The Labute approximate surface area is 275 Å². The molecule has 2 N–H and O–H groups in total. The Bertz CT molecular complexity index is 1600. The van der Waals surface area contributed by atoms with Crippen molar-refractivity contribution in [1.29, 1.82) is 0 Å². The minimum Gasteiger partial charge on any atom is -0.422 e. The maximum atomic E-state index is 12.5. The lowest BCUT2D eigenvalue weighted by Gasteiger charge is -2.08. The third-order valence-electron chi connectivity index (χ3n) is 5.96. The first kappa shape index (κ1) is 33.0. The first-order valence-electron chi connectivity index (χ1n) is 13.6. The molecule has 0 spiro atoms. The van der Waals surface area contributed by atoms with E-state index in [0.29, 0.717) is 22.3 Å². The molecule has 4 rings (SSSR count). The van der Waals surface area contributed by atoms with Crippen molar-refractivity contribution >= 4 is 68.0 Å². The molecule has 0 saturated heterocycles. The lowest BCUT2D eigenvalue weighted by Crippen LogP contribution is -2.20. The Hall–Kier alpha value is -4.94. The van der Waals surface area contributed by atoms with Crippen molar-refractivity contribution in [1.82, 2.24) is 10.9 Å². The number of carbonyl (C=O) groups is 4. The van der Waals surface area contributed by atoms with Crippen molar-refractivity contribution in [3.63, 3.8) is 0 Å². The molecule has 4 aromatic rings. The molecule has 0 radical (unpaired) electrons. The first-order valence-corrected chi connectivity index (χ1v) is 15.1. The molecule has 10 nitrogen and oxygen atoms in total. The molecule has 0 fully saturated rings. The highest BCUT2D eigenvalue weighted by Gasteiger charge is 2.13. The number of nitrogens with one attached hydrogen (secondary N) is 2. The molecule has 0 aliphatic rings. The van der Waals surface area contributed by atoms with Gasteiger partial charge in [0.1, 0.15) is 11.5 Å². The number of amides is 2. The van der Waals surface area contributed by atoms with Crippen LogP contribution in [-0.4, -0.2) is 36.2 Å². The third kappa shape index (κ3) is 10.6. The van der Waals surface area contributed by atoms with Crippen molar-refractivity contribution in [3.8, 4) is 11.5 Å². The predicted octanol–water partition coefficient (Wildman–Crippen LogP) is 6.42. The van der Waals surface area contributed by atoms with Crippen LogP contribution in [0.4, 0.5) is 0 Å². The number of carbonyl (C=O) groups excluding carboxylic acids is 4. The molecule has 0 aromatic heterocycles. The zero-order chi connectivity index (χ0) is 32.0. The highest BCUT2D eigenvalue weighted by atomic mass is 79.9. The van der Waals surface area contributed by atoms with Crippen LogP contribution in [-0.2, 0) is 9.59 Å². The molecule has 12 heteroatoms. The number of nitrogens with zero attached hydrogens (tertiary/aromatic N) is 2. The highest BCUT2D eigenvalue weighted by Crippen LogP contribution is 2.24. The molecular weight excluding hydrogens is 708 g/mol. The Morgan fingerprint density at radius 3 is 1.40 bits per heavy atom. The fourth-order valence-electron chi connectivity index (χ4n) is 3.76. The standard InChI is InChI=1S/C33H26Br2N4O6/c34-26-14-16-28(44-32(42)22-8-3-1-4-9-22)24(18-26)20-36-38-30(40)12-7-13-31(41)39-37-21-25-19-27(35)15-17-29(25)45-33(43)23-10-5-2-6-11-23/h1-6,8-11,14-21H,7,12-13H2,(H,38,40)(H,39,41)/b36-20+,37-21+. The summed E-state index contributed by atoms with van der Waals surface area (Å²) in [5.41, 5.74) is 6.54. The number of esters is 2. The average Bonchev–Trinajstić information content (AvgIpc) is 3.04. The van der Waals surface area contributed by atoms with Crippen molar-refractivity contribution in [2.24, 2.45) is 10.2 Å². The van der Waals surface area contributed by atoms with Gasteiger partial charge in [0.15, 0.2) is 0 Å². The summed E-state index contributed by atoms with van der Waals surface area (Å²) >= 11 is 6.75. The molecule has 0 heterocycles. The Balaban J connectivity index is 1.23. The number of ether oxygens (including phenoxy) is 2. The second kappa shape index (κ2) is 16.8. The molecule has 0 saturated carbocycles. The van der Waals surface area contributed by atoms with Gasteiger partial charge in [-0.25, -0.2) is 20.4 Å². The van der Waals surface area contributed by atoms with Crippen LogP contribution in [0.3, 0.4) is 0 Å². The summed E-state index contributed by atoms with van der Waals surface area (Å²) in [5.74, 6) is -1.32. The van der Waals surface area contributed by atoms with Gasteiger partial charge in [-0.15, -0.1) is 0 Å². The van der Waals surface area contributed by atoms with E-state index in [1.807, 2.05) is 0 Å². The largest absolute Gasteiger partial charge is 0.422 e. The number of rotatable bonds is 12. The number of benzene rings is 4. The van der Waals surface area contributed by atoms with Crippen molar-refractivity contribution < 1.29 is 28.7 Å². The number of hydrogen-bond acceptors (Lipinski definition) is 8. The summed E-state index contributed by atoms with van der Waals surface area (Å²) in [7, 11) is 0. The number of hydrazone groups is 2.